The first kappa shape index (κ1) is 11.7. The van der Waals surface area contributed by atoms with Gasteiger partial charge in [-0.2, -0.15) is 0 Å². The van der Waals surface area contributed by atoms with Crippen LogP contribution in [0.3, 0.4) is 0 Å². The van der Waals surface area contributed by atoms with E-state index in [9.17, 15) is 9.59 Å². The molecule has 0 saturated heterocycles. The molecule has 1 rings (SSSR count). The van der Waals surface area contributed by atoms with Crippen LogP contribution in [0.25, 0.3) is 0 Å². The number of aromatic carboxylic acids is 1. The van der Waals surface area contributed by atoms with Gasteiger partial charge in [0.2, 0.25) is 0 Å². The van der Waals surface area contributed by atoms with Crippen LogP contribution in [0.5, 0.6) is 0 Å². The van der Waals surface area contributed by atoms with Crippen LogP contribution in [0.1, 0.15) is 27.8 Å². The van der Waals surface area contributed by atoms with E-state index < -0.39 is 5.97 Å². The number of amides is 1. The smallest absolute Gasteiger partial charge is 0.354 e. The Morgan fingerprint density at radius 2 is 2.25 bits per heavy atom. The molecule has 5 heteroatoms. The molecule has 5 nitrogen and oxygen atoms in total. The van der Waals surface area contributed by atoms with Crippen molar-refractivity contribution < 1.29 is 14.7 Å². The molecule has 82 valence electrons. The molecule has 1 unspecified atom stereocenters. The number of hydrogen-bond donors (Lipinski definition) is 2. The number of pyridine rings is 1. The lowest BCUT2D eigenvalue weighted by Crippen LogP contribution is -2.31. The lowest BCUT2D eigenvalue weighted by molar-refractivity contribution is 0.0689. The summed E-state index contributed by atoms with van der Waals surface area (Å²) < 4.78 is 0. The molecule has 0 aliphatic rings. The SMILES string of the molecule is C#CC(C)NC(=O)c1ccc(C(=O)O)nc1. The minimum absolute atomic E-state index is 0.110. The average Bonchev–Trinajstić information content (AvgIpc) is 2.28. The number of terminal acetylenes is 1. The quantitative estimate of drug-likeness (QED) is 0.725. The van der Waals surface area contributed by atoms with E-state index in [0.717, 1.165) is 0 Å². The highest BCUT2D eigenvalue weighted by Gasteiger charge is 2.10. The van der Waals surface area contributed by atoms with E-state index in [0.29, 0.717) is 0 Å². The van der Waals surface area contributed by atoms with E-state index in [2.05, 4.69) is 16.2 Å². The largest absolute Gasteiger partial charge is 0.477 e. The maximum Gasteiger partial charge on any atom is 0.354 e. The normalized spacial score (nSPS) is 11.2. The highest BCUT2D eigenvalue weighted by Crippen LogP contribution is 2.00. The van der Waals surface area contributed by atoms with Crippen LogP contribution in [-0.4, -0.2) is 28.0 Å². The van der Waals surface area contributed by atoms with Crippen molar-refractivity contribution >= 4 is 11.9 Å². The number of carboxylic acids is 1. The highest BCUT2D eigenvalue weighted by atomic mass is 16.4. The van der Waals surface area contributed by atoms with Gasteiger partial charge in [-0.1, -0.05) is 5.92 Å². The Morgan fingerprint density at radius 1 is 1.56 bits per heavy atom. The van der Waals surface area contributed by atoms with E-state index in [1.807, 2.05) is 0 Å². The molecule has 0 radical (unpaired) electrons. The molecule has 0 saturated carbocycles. The van der Waals surface area contributed by atoms with E-state index in [-0.39, 0.29) is 23.2 Å². The lowest BCUT2D eigenvalue weighted by Gasteiger charge is -2.07. The third-order valence-corrected chi connectivity index (χ3v) is 1.84. The van der Waals surface area contributed by atoms with E-state index >= 15 is 0 Å². The van der Waals surface area contributed by atoms with Crippen LogP contribution in [0.4, 0.5) is 0 Å². The first-order valence-electron chi connectivity index (χ1n) is 4.51. The summed E-state index contributed by atoms with van der Waals surface area (Å²) in [4.78, 5) is 25.6. The molecule has 0 spiro atoms. The summed E-state index contributed by atoms with van der Waals surface area (Å²) in [7, 11) is 0. The van der Waals surface area contributed by atoms with Gasteiger partial charge < -0.3 is 10.4 Å². The number of nitrogens with zero attached hydrogens (tertiary/aromatic N) is 1. The van der Waals surface area contributed by atoms with Gasteiger partial charge in [0.1, 0.15) is 5.69 Å². The number of carboxylic acid groups (broad SMARTS) is 1. The number of rotatable bonds is 3. The molecule has 1 heterocycles. The Labute approximate surface area is 92.5 Å². The predicted octanol–water partition coefficient (Wildman–Crippen LogP) is 0.531. The molecular formula is C11H10N2O3. The Hall–Kier alpha value is -2.35. The van der Waals surface area contributed by atoms with Gasteiger partial charge in [0, 0.05) is 6.20 Å². The Balaban J connectivity index is 2.79. The number of carbonyl (C=O) groups excluding carboxylic acids is 1. The third-order valence-electron chi connectivity index (χ3n) is 1.84. The van der Waals surface area contributed by atoms with Gasteiger partial charge in [0.15, 0.2) is 0 Å². The van der Waals surface area contributed by atoms with Crippen molar-refractivity contribution in [3.63, 3.8) is 0 Å². The summed E-state index contributed by atoms with van der Waals surface area (Å²) in [5.74, 6) is 0.834. The summed E-state index contributed by atoms with van der Waals surface area (Å²) in [6.07, 6.45) is 6.30. The van der Waals surface area contributed by atoms with Crippen molar-refractivity contribution in [1.29, 1.82) is 0 Å². The van der Waals surface area contributed by atoms with E-state index in [1.54, 1.807) is 6.92 Å². The molecule has 16 heavy (non-hydrogen) atoms. The molecule has 1 aromatic rings. The molecule has 0 aliphatic carbocycles. The fourth-order valence-electron chi connectivity index (χ4n) is 0.976. The van der Waals surface area contributed by atoms with Gasteiger partial charge in [-0.3, -0.25) is 4.79 Å². The monoisotopic (exact) mass is 218 g/mol. The zero-order chi connectivity index (χ0) is 12.1. The number of carbonyl (C=O) groups is 2. The maximum atomic E-state index is 11.5. The first-order valence-corrected chi connectivity index (χ1v) is 4.51. The first-order chi connectivity index (χ1) is 7.54. The molecule has 0 fully saturated rings. The summed E-state index contributed by atoms with van der Waals surface area (Å²) in [6, 6.07) is 2.26. The maximum absolute atomic E-state index is 11.5. The Kier molecular flexibility index (Phi) is 3.62. The molecule has 1 amide bonds. The van der Waals surface area contributed by atoms with Gasteiger partial charge in [0.25, 0.3) is 5.91 Å². The fraction of sp³-hybridized carbons (Fsp3) is 0.182. The van der Waals surface area contributed by atoms with Crippen LogP contribution in [0, 0.1) is 12.3 Å². The van der Waals surface area contributed by atoms with Gasteiger partial charge >= 0.3 is 5.97 Å². The summed E-state index contributed by atoms with van der Waals surface area (Å²) in [6.45, 7) is 1.66. The van der Waals surface area contributed by atoms with Gasteiger partial charge in [-0.05, 0) is 19.1 Å². The van der Waals surface area contributed by atoms with Crippen LogP contribution < -0.4 is 5.32 Å². The van der Waals surface area contributed by atoms with Crippen molar-refractivity contribution in [2.24, 2.45) is 0 Å². The zero-order valence-electron chi connectivity index (χ0n) is 8.60. The topological polar surface area (TPSA) is 79.3 Å². The number of hydrogen-bond acceptors (Lipinski definition) is 3. The summed E-state index contributed by atoms with van der Waals surface area (Å²) >= 11 is 0. The minimum Gasteiger partial charge on any atom is -0.477 e. The second kappa shape index (κ2) is 4.94. The van der Waals surface area contributed by atoms with Crippen LogP contribution >= 0.6 is 0 Å². The molecule has 0 aromatic carbocycles. The standard InChI is InChI=1S/C11H10N2O3/c1-3-7(2)13-10(14)8-4-5-9(11(15)16)12-6-8/h1,4-7H,2H3,(H,13,14)(H,15,16). The second-order valence-corrected chi connectivity index (χ2v) is 3.10. The summed E-state index contributed by atoms with van der Waals surface area (Å²) in [5, 5.41) is 11.1. The Morgan fingerprint density at radius 3 is 2.69 bits per heavy atom. The summed E-state index contributed by atoms with van der Waals surface area (Å²) in [5.41, 5.74) is 0.161. The predicted molar refractivity (Wildman–Crippen MR) is 57.0 cm³/mol. The molecular weight excluding hydrogens is 208 g/mol. The zero-order valence-corrected chi connectivity index (χ0v) is 8.60. The lowest BCUT2D eigenvalue weighted by atomic mass is 10.2. The fourth-order valence-corrected chi connectivity index (χ4v) is 0.976. The van der Waals surface area contributed by atoms with Crippen molar-refractivity contribution in [3.8, 4) is 12.3 Å². The molecule has 1 atom stereocenters. The van der Waals surface area contributed by atoms with Gasteiger partial charge in [-0.15, -0.1) is 6.42 Å². The van der Waals surface area contributed by atoms with E-state index in [1.165, 1.54) is 18.3 Å². The second-order valence-electron chi connectivity index (χ2n) is 3.10. The van der Waals surface area contributed by atoms with Crippen molar-refractivity contribution in [1.82, 2.24) is 10.3 Å². The Bertz CT molecular complexity index is 445. The molecule has 2 N–H and O–H groups in total. The molecule has 0 aliphatic heterocycles. The van der Waals surface area contributed by atoms with Crippen LogP contribution in [0.15, 0.2) is 18.3 Å². The minimum atomic E-state index is -1.14. The van der Waals surface area contributed by atoms with Crippen molar-refractivity contribution in [3.05, 3.63) is 29.6 Å². The van der Waals surface area contributed by atoms with E-state index in [4.69, 9.17) is 11.5 Å². The van der Waals surface area contributed by atoms with Gasteiger partial charge in [-0.25, -0.2) is 9.78 Å². The number of nitrogens with one attached hydrogen (secondary N) is 1. The van der Waals surface area contributed by atoms with Crippen LogP contribution in [0.2, 0.25) is 0 Å². The average molecular weight is 218 g/mol. The molecule has 1 aromatic heterocycles. The third kappa shape index (κ3) is 2.82. The van der Waals surface area contributed by atoms with Gasteiger partial charge in [0.05, 0.1) is 11.6 Å². The number of aromatic nitrogens is 1. The van der Waals surface area contributed by atoms with Crippen molar-refractivity contribution in [2.75, 3.05) is 0 Å². The highest BCUT2D eigenvalue weighted by molar-refractivity contribution is 5.95. The van der Waals surface area contributed by atoms with Crippen LogP contribution in [-0.2, 0) is 0 Å². The van der Waals surface area contributed by atoms with Crippen molar-refractivity contribution in [2.45, 2.75) is 13.0 Å². The molecule has 0 bridgehead atoms.